The molecule has 198 valence electrons. The number of carbonyl (C=O) groups is 1. The van der Waals surface area contributed by atoms with E-state index in [0.717, 1.165) is 24.8 Å². The van der Waals surface area contributed by atoms with E-state index in [2.05, 4.69) is 6.92 Å². The van der Waals surface area contributed by atoms with Crippen molar-refractivity contribution in [3.05, 3.63) is 11.6 Å². The van der Waals surface area contributed by atoms with Gasteiger partial charge in [-0.2, -0.15) is 0 Å². The summed E-state index contributed by atoms with van der Waals surface area (Å²) in [4.78, 5) is 13.3. The fourth-order valence-electron chi connectivity index (χ4n) is 8.92. The molecule has 0 bridgehead atoms. The molecule has 3 saturated carbocycles. The van der Waals surface area contributed by atoms with E-state index in [1.165, 1.54) is 0 Å². The van der Waals surface area contributed by atoms with E-state index in [9.17, 15) is 30.3 Å². The van der Waals surface area contributed by atoms with Crippen LogP contribution in [0.15, 0.2) is 11.6 Å². The number of carbonyl (C=O) groups excluding carboxylic acids is 1. The Morgan fingerprint density at radius 1 is 1.09 bits per heavy atom. The highest BCUT2D eigenvalue weighted by Crippen LogP contribution is 2.69. The van der Waals surface area contributed by atoms with Crippen LogP contribution in [0.3, 0.4) is 0 Å². The lowest BCUT2D eigenvalue weighted by atomic mass is 9.46. The highest BCUT2D eigenvalue weighted by atomic mass is 16.6. The topological polar surface area (TPSA) is 131 Å². The average molecular weight is 493 g/mol. The minimum atomic E-state index is -1.28. The molecule has 1 heterocycles. The van der Waals surface area contributed by atoms with Gasteiger partial charge in [0.15, 0.2) is 5.78 Å². The van der Waals surface area contributed by atoms with E-state index in [-0.39, 0.29) is 35.6 Å². The molecule has 5 rings (SSSR count). The number of fused-ring (bicyclic) bond motifs is 5. The Balaban J connectivity index is 1.45. The Labute approximate surface area is 208 Å². The Morgan fingerprint density at radius 3 is 2.43 bits per heavy atom. The molecule has 0 aromatic rings. The third-order valence-corrected chi connectivity index (χ3v) is 11.7. The number of ketones is 1. The van der Waals surface area contributed by atoms with Crippen LogP contribution in [0.4, 0.5) is 0 Å². The van der Waals surface area contributed by atoms with Gasteiger partial charge in [-0.3, -0.25) is 4.79 Å². The predicted octanol–water partition coefficient (Wildman–Crippen LogP) is 2.12. The summed E-state index contributed by atoms with van der Waals surface area (Å²) in [5.74, 6) is -0.767. The van der Waals surface area contributed by atoms with Crippen molar-refractivity contribution in [2.75, 3.05) is 6.61 Å². The maximum absolute atomic E-state index is 13.3. The summed E-state index contributed by atoms with van der Waals surface area (Å²) in [6, 6.07) is 0. The van der Waals surface area contributed by atoms with Gasteiger partial charge in [0.2, 0.25) is 0 Å². The van der Waals surface area contributed by atoms with Gasteiger partial charge in [-0.1, -0.05) is 20.8 Å². The van der Waals surface area contributed by atoms with Gasteiger partial charge in [0.1, 0.15) is 12.2 Å². The van der Waals surface area contributed by atoms with Gasteiger partial charge in [-0.15, -0.1) is 0 Å². The fourth-order valence-corrected chi connectivity index (χ4v) is 8.92. The van der Waals surface area contributed by atoms with Gasteiger partial charge in [0.05, 0.1) is 22.9 Å². The van der Waals surface area contributed by atoms with Gasteiger partial charge >= 0.3 is 0 Å². The van der Waals surface area contributed by atoms with Crippen LogP contribution < -0.4 is 0 Å². The van der Waals surface area contributed by atoms with Crippen molar-refractivity contribution in [2.45, 2.75) is 115 Å². The highest BCUT2D eigenvalue weighted by molar-refractivity contribution is 5.95. The molecule has 1 aliphatic heterocycles. The Bertz CT molecular complexity index is 926. The summed E-state index contributed by atoms with van der Waals surface area (Å²) < 4.78 is 5.87. The van der Waals surface area contributed by atoms with Gasteiger partial charge in [-0.05, 0) is 87.7 Å². The Morgan fingerprint density at radius 2 is 1.77 bits per heavy atom. The molecule has 1 saturated heterocycles. The Hall–Kier alpha value is -0.830. The molecule has 7 heteroatoms. The summed E-state index contributed by atoms with van der Waals surface area (Å²) in [5, 5.41) is 55.0. The lowest BCUT2D eigenvalue weighted by Gasteiger charge is -2.60. The minimum absolute atomic E-state index is 0.0185. The van der Waals surface area contributed by atoms with Crippen molar-refractivity contribution in [1.29, 1.82) is 0 Å². The zero-order valence-electron chi connectivity index (χ0n) is 21.8. The first-order valence-corrected chi connectivity index (χ1v) is 13.5. The first kappa shape index (κ1) is 25.8. The third kappa shape index (κ3) is 3.34. The summed E-state index contributed by atoms with van der Waals surface area (Å²) in [6.45, 7) is 9.19. The number of epoxide rings is 1. The van der Waals surface area contributed by atoms with Gasteiger partial charge in [0, 0.05) is 23.9 Å². The van der Waals surface area contributed by atoms with Crippen LogP contribution in [0.1, 0.15) is 79.6 Å². The molecule has 0 aromatic carbocycles. The molecular formula is C28H44O7. The van der Waals surface area contributed by atoms with Gasteiger partial charge < -0.3 is 30.3 Å². The van der Waals surface area contributed by atoms with E-state index in [1.807, 2.05) is 6.92 Å². The van der Waals surface area contributed by atoms with Crippen LogP contribution in [-0.2, 0) is 9.53 Å². The second kappa shape index (κ2) is 7.84. The molecule has 0 spiro atoms. The van der Waals surface area contributed by atoms with Crippen molar-refractivity contribution < 1.29 is 35.1 Å². The molecule has 4 aliphatic carbocycles. The second-order valence-electron chi connectivity index (χ2n) is 13.5. The molecular weight excluding hydrogens is 448 g/mol. The lowest BCUT2D eigenvalue weighted by Crippen LogP contribution is -2.61. The molecule has 12 atom stereocenters. The van der Waals surface area contributed by atoms with Crippen LogP contribution in [-0.4, -0.2) is 73.0 Å². The molecule has 35 heavy (non-hydrogen) atoms. The van der Waals surface area contributed by atoms with Gasteiger partial charge in [-0.25, -0.2) is 0 Å². The maximum atomic E-state index is 13.3. The number of allylic oxidation sites excluding steroid dienone is 1. The number of aliphatic hydroxyl groups is 5. The second-order valence-corrected chi connectivity index (χ2v) is 13.5. The van der Waals surface area contributed by atoms with E-state index < -0.39 is 46.4 Å². The molecule has 0 aromatic heterocycles. The molecule has 0 amide bonds. The standard InChI is InChI=1S/C28H44O7/c1-15(14-29)26(4,32)22-23(35-22)27(5,33)21-8-11-28(34)18-13-20(31)19-12-16(30)6-9-24(19,2)17(18)7-10-25(21,28)3/h13,15-17,19,21-23,29-30,32-34H,6-12,14H2,1-5H3/t15-,16+,17+,19+,21+,22+,23+,24-,25-,26-,27-,28-/m1/s1. The van der Waals surface area contributed by atoms with E-state index in [1.54, 1.807) is 26.8 Å². The number of hydrogen-bond acceptors (Lipinski definition) is 7. The highest BCUT2D eigenvalue weighted by Gasteiger charge is 2.72. The summed E-state index contributed by atoms with van der Waals surface area (Å²) in [5.41, 5.74) is -3.81. The van der Waals surface area contributed by atoms with Crippen LogP contribution in [0, 0.1) is 34.5 Å². The molecule has 7 nitrogen and oxygen atoms in total. The molecule has 5 N–H and O–H groups in total. The lowest BCUT2D eigenvalue weighted by molar-refractivity contribution is -0.152. The number of ether oxygens (including phenoxy) is 1. The first-order valence-electron chi connectivity index (χ1n) is 13.5. The van der Waals surface area contributed by atoms with E-state index >= 15 is 0 Å². The van der Waals surface area contributed by atoms with Crippen LogP contribution >= 0.6 is 0 Å². The third-order valence-electron chi connectivity index (χ3n) is 11.7. The minimum Gasteiger partial charge on any atom is -0.396 e. The number of rotatable bonds is 5. The van der Waals surface area contributed by atoms with Crippen LogP contribution in [0.25, 0.3) is 0 Å². The van der Waals surface area contributed by atoms with Crippen LogP contribution in [0.5, 0.6) is 0 Å². The maximum Gasteiger partial charge on any atom is 0.159 e. The smallest absolute Gasteiger partial charge is 0.159 e. The largest absolute Gasteiger partial charge is 0.396 e. The van der Waals surface area contributed by atoms with Crippen molar-refractivity contribution in [2.24, 2.45) is 34.5 Å². The first-order chi connectivity index (χ1) is 16.1. The van der Waals surface area contributed by atoms with Crippen molar-refractivity contribution in [3.8, 4) is 0 Å². The summed E-state index contributed by atoms with van der Waals surface area (Å²) >= 11 is 0. The van der Waals surface area contributed by atoms with Crippen LogP contribution in [0.2, 0.25) is 0 Å². The zero-order valence-corrected chi connectivity index (χ0v) is 21.8. The van der Waals surface area contributed by atoms with Crippen molar-refractivity contribution in [1.82, 2.24) is 0 Å². The summed E-state index contributed by atoms with van der Waals surface area (Å²) in [6.07, 6.45) is 4.67. The van der Waals surface area contributed by atoms with E-state index in [4.69, 9.17) is 4.74 Å². The normalized spacial score (nSPS) is 51.3. The van der Waals surface area contributed by atoms with E-state index in [0.29, 0.717) is 25.7 Å². The average Bonchev–Trinajstić information content (AvgIpc) is 3.55. The molecule has 4 fully saturated rings. The van der Waals surface area contributed by atoms with Gasteiger partial charge in [0.25, 0.3) is 0 Å². The fraction of sp³-hybridized carbons (Fsp3) is 0.893. The molecule has 0 unspecified atom stereocenters. The Kier molecular flexibility index (Phi) is 5.78. The zero-order chi connectivity index (χ0) is 25.8. The quantitative estimate of drug-likeness (QED) is 0.372. The van der Waals surface area contributed by atoms with Crippen molar-refractivity contribution in [3.63, 3.8) is 0 Å². The number of hydrogen-bond donors (Lipinski definition) is 5. The monoisotopic (exact) mass is 492 g/mol. The molecule has 5 aliphatic rings. The summed E-state index contributed by atoms with van der Waals surface area (Å²) in [7, 11) is 0. The van der Waals surface area contributed by atoms with Crippen molar-refractivity contribution >= 4 is 5.78 Å². The molecule has 0 radical (unpaired) electrons. The predicted molar refractivity (Wildman–Crippen MR) is 129 cm³/mol. The SMILES string of the molecule is C[C@H](CO)[C@@](C)(O)[C@H]1O[C@@H]1[C@](C)(O)[C@H]1CC[C@@]2(O)C3=CC(=O)[C@@H]4C[C@@H](O)CC[C@]4(C)[C@H]3CC[C@]12C. The number of aliphatic hydroxyl groups excluding tert-OH is 2.